The van der Waals surface area contributed by atoms with Crippen LogP contribution >= 0.6 is 11.6 Å². The summed E-state index contributed by atoms with van der Waals surface area (Å²) in [7, 11) is 0. The van der Waals surface area contributed by atoms with Crippen LogP contribution in [0.5, 0.6) is 0 Å². The molecule has 3 aromatic rings. The summed E-state index contributed by atoms with van der Waals surface area (Å²) in [6.45, 7) is 1.12. The Bertz CT molecular complexity index is 935. The second kappa shape index (κ2) is 10.4. The molecule has 1 atom stereocenters. The second-order valence-electron chi connectivity index (χ2n) is 8.21. The van der Waals surface area contributed by atoms with Gasteiger partial charge in [-0.2, -0.15) is 0 Å². The monoisotopic (exact) mass is 438 g/mol. The van der Waals surface area contributed by atoms with Crippen molar-refractivity contribution >= 4 is 11.6 Å². The van der Waals surface area contributed by atoms with E-state index >= 15 is 0 Å². The Labute approximate surface area is 189 Å². The van der Waals surface area contributed by atoms with Gasteiger partial charge in [-0.25, -0.2) is 4.98 Å². The minimum absolute atomic E-state index is 0.109. The van der Waals surface area contributed by atoms with E-state index < -0.39 is 5.60 Å². The number of benzene rings is 2. The zero-order valence-electron chi connectivity index (χ0n) is 17.7. The van der Waals surface area contributed by atoms with Gasteiger partial charge in [-0.1, -0.05) is 73.3 Å². The summed E-state index contributed by atoms with van der Waals surface area (Å²) in [5.74, 6) is 1.16. The van der Waals surface area contributed by atoms with Crippen LogP contribution in [0.25, 0.3) is 0 Å². The van der Waals surface area contributed by atoms with Crippen LogP contribution in [0.1, 0.15) is 61.3 Å². The molecule has 1 fully saturated rings. The number of nitrogens with zero attached hydrogens (tertiary/aromatic N) is 1. The molecule has 31 heavy (non-hydrogen) atoms. The molecular weight excluding hydrogens is 410 g/mol. The molecular formula is C26H29ClNO3. The Morgan fingerprint density at radius 2 is 1.81 bits per heavy atom. The van der Waals surface area contributed by atoms with E-state index in [1.54, 1.807) is 6.20 Å². The molecule has 0 aliphatic heterocycles. The van der Waals surface area contributed by atoms with Crippen LogP contribution in [0.4, 0.5) is 0 Å². The molecule has 0 saturated heterocycles. The van der Waals surface area contributed by atoms with Gasteiger partial charge in [0.1, 0.15) is 5.76 Å². The molecule has 0 spiro atoms. The highest BCUT2D eigenvalue weighted by Crippen LogP contribution is 2.43. The highest BCUT2D eigenvalue weighted by molar-refractivity contribution is 6.30. The average molecular weight is 439 g/mol. The molecule has 1 aromatic heterocycles. The van der Waals surface area contributed by atoms with Crippen molar-refractivity contribution in [3.63, 3.8) is 0 Å². The number of aromatic nitrogens is 1. The number of ether oxygens (including phenoxy) is 1. The molecule has 5 heteroatoms. The lowest BCUT2D eigenvalue weighted by molar-refractivity contribution is -0.0236. The van der Waals surface area contributed by atoms with Crippen molar-refractivity contribution in [2.45, 2.75) is 50.7 Å². The lowest BCUT2D eigenvalue weighted by Gasteiger charge is -2.36. The van der Waals surface area contributed by atoms with Gasteiger partial charge in [-0.15, -0.1) is 0 Å². The molecule has 1 heterocycles. The summed E-state index contributed by atoms with van der Waals surface area (Å²) < 4.78 is 11.8. The maximum Gasteiger partial charge on any atom is 0.231 e. The summed E-state index contributed by atoms with van der Waals surface area (Å²) in [4.78, 5) is 4.49. The highest BCUT2D eigenvalue weighted by atomic mass is 35.5. The van der Waals surface area contributed by atoms with Gasteiger partial charge < -0.3 is 14.3 Å². The molecule has 0 bridgehead atoms. The summed E-state index contributed by atoms with van der Waals surface area (Å²) in [5.41, 5.74) is 0.743. The first-order chi connectivity index (χ1) is 15.2. The van der Waals surface area contributed by atoms with Crippen molar-refractivity contribution in [3.8, 4) is 0 Å². The first kappa shape index (κ1) is 22.1. The summed E-state index contributed by atoms with van der Waals surface area (Å²) in [6.07, 6.45) is 9.80. The molecule has 0 amide bonds. The molecule has 1 aliphatic carbocycles. The van der Waals surface area contributed by atoms with Gasteiger partial charge in [-0.05, 0) is 42.5 Å². The largest absolute Gasteiger partial charge is 0.442 e. The normalized spacial score (nSPS) is 16.8. The summed E-state index contributed by atoms with van der Waals surface area (Å²) in [6, 6.07) is 17.5. The van der Waals surface area contributed by atoms with Crippen LogP contribution in [-0.2, 0) is 16.9 Å². The SMILES string of the molecule is O[C@](c1ccccc1)(c1ncc([CH]CCOCc2ccc(Cl)cc2)o1)C1CCCCC1. The van der Waals surface area contributed by atoms with E-state index in [1.165, 1.54) is 6.42 Å². The van der Waals surface area contributed by atoms with Crippen molar-refractivity contribution in [1.29, 1.82) is 0 Å². The third-order valence-electron chi connectivity index (χ3n) is 6.05. The Kier molecular flexibility index (Phi) is 7.44. The average Bonchev–Trinajstić information content (AvgIpc) is 3.30. The van der Waals surface area contributed by atoms with Crippen molar-refractivity contribution in [1.82, 2.24) is 4.98 Å². The maximum atomic E-state index is 11.8. The van der Waals surface area contributed by atoms with Crippen LogP contribution in [-0.4, -0.2) is 16.7 Å². The number of halogens is 1. The number of hydrogen-bond donors (Lipinski definition) is 1. The van der Waals surface area contributed by atoms with E-state index in [0.29, 0.717) is 31.3 Å². The first-order valence-corrected chi connectivity index (χ1v) is 11.4. The standard InChI is InChI=1S/C26H29ClNO3/c27-23-15-13-20(14-16-23)19-30-17-7-12-24-18-28-25(31-24)26(29,21-8-3-1-4-9-21)22-10-5-2-6-11-22/h1,3-4,8-9,12-16,18,22,29H,2,5-7,10-11,17,19H2/t26-/m0/s1. The molecule has 1 aliphatic rings. The van der Waals surface area contributed by atoms with Gasteiger partial charge in [0.15, 0.2) is 5.60 Å². The van der Waals surface area contributed by atoms with E-state index in [4.69, 9.17) is 20.8 Å². The summed E-state index contributed by atoms with van der Waals surface area (Å²) >= 11 is 5.91. The van der Waals surface area contributed by atoms with Gasteiger partial charge in [0, 0.05) is 24.0 Å². The number of aliphatic hydroxyl groups is 1. The van der Waals surface area contributed by atoms with Crippen LogP contribution in [0, 0.1) is 12.3 Å². The van der Waals surface area contributed by atoms with Crippen molar-refractivity contribution in [2.75, 3.05) is 6.61 Å². The minimum Gasteiger partial charge on any atom is -0.442 e. The van der Waals surface area contributed by atoms with Gasteiger partial charge >= 0.3 is 0 Å². The smallest absolute Gasteiger partial charge is 0.231 e. The Morgan fingerprint density at radius 3 is 2.55 bits per heavy atom. The molecule has 0 unspecified atom stereocenters. The Morgan fingerprint density at radius 1 is 1.06 bits per heavy atom. The fraction of sp³-hybridized carbons (Fsp3) is 0.385. The maximum absolute atomic E-state index is 11.8. The highest BCUT2D eigenvalue weighted by Gasteiger charge is 2.44. The number of rotatable bonds is 9. The van der Waals surface area contributed by atoms with E-state index in [2.05, 4.69) is 4.98 Å². The topological polar surface area (TPSA) is 55.5 Å². The number of oxazole rings is 1. The molecule has 4 rings (SSSR count). The zero-order valence-corrected chi connectivity index (χ0v) is 18.4. The van der Waals surface area contributed by atoms with E-state index in [-0.39, 0.29) is 5.92 Å². The van der Waals surface area contributed by atoms with Crippen LogP contribution in [0.2, 0.25) is 5.02 Å². The van der Waals surface area contributed by atoms with Crippen molar-refractivity contribution < 1.29 is 14.3 Å². The summed E-state index contributed by atoms with van der Waals surface area (Å²) in [5, 5.41) is 12.6. The van der Waals surface area contributed by atoms with E-state index in [0.717, 1.165) is 41.8 Å². The number of hydrogen-bond acceptors (Lipinski definition) is 4. The van der Waals surface area contributed by atoms with Crippen LogP contribution < -0.4 is 0 Å². The Hall–Kier alpha value is -2.14. The van der Waals surface area contributed by atoms with E-state index in [1.807, 2.05) is 61.0 Å². The molecule has 1 radical (unpaired) electrons. The van der Waals surface area contributed by atoms with Gasteiger partial charge in [0.05, 0.1) is 12.8 Å². The van der Waals surface area contributed by atoms with Crippen molar-refractivity contribution in [2.24, 2.45) is 5.92 Å². The Balaban J connectivity index is 1.37. The van der Waals surface area contributed by atoms with Crippen LogP contribution in [0.3, 0.4) is 0 Å². The molecule has 1 saturated carbocycles. The van der Waals surface area contributed by atoms with Gasteiger partial charge in [0.2, 0.25) is 5.89 Å². The van der Waals surface area contributed by atoms with E-state index in [9.17, 15) is 5.11 Å². The fourth-order valence-electron chi connectivity index (χ4n) is 4.36. The first-order valence-electron chi connectivity index (χ1n) is 11.1. The molecule has 163 valence electrons. The van der Waals surface area contributed by atoms with Gasteiger partial charge in [0.25, 0.3) is 0 Å². The van der Waals surface area contributed by atoms with Gasteiger partial charge in [-0.3, -0.25) is 0 Å². The third kappa shape index (κ3) is 5.38. The van der Waals surface area contributed by atoms with Crippen molar-refractivity contribution in [3.05, 3.63) is 95.0 Å². The van der Waals surface area contributed by atoms with Crippen LogP contribution in [0.15, 0.2) is 65.2 Å². The lowest BCUT2D eigenvalue weighted by atomic mass is 9.73. The quantitative estimate of drug-likeness (QED) is 0.398. The predicted octanol–water partition coefficient (Wildman–Crippen LogP) is 6.30. The third-order valence-corrected chi connectivity index (χ3v) is 6.30. The minimum atomic E-state index is -1.20. The zero-order chi connectivity index (χ0) is 21.5. The molecule has 1 N–H and O–H groups in total. The molecule has 2 aromatic carbocycles. The fourth-order valence-corrected chi connectivity index (χ4v) is 4.48. The molecule has 4 nitrogen and oxygen atoms in total. The lowest BCUT2D eigenvalue weighted by Crippen LogP contribution is -2.38. The second-order valence-corrected chi connectivity index (χ2v) is 8.64. The predicted molar refractivity (Wildman–Crippen MR) is 122 cm³/mol.